The number of pyridine rings is 1. The fourth-order valence-corrected chi connectivity index (χ4v) is 9.72. The number of benzene rings is 5. The Bertz CT molecular complexity index is 2690. The van der Waals surface area contributed by atoms with E-state index in [-0.39, 0.29) is 40.9 Å². The van der Waals surface area contributed by atoms with Crippen LogP contribution in [0.2, 0.25) is 0 Å². The second-order valence-corrected chi connectivity index (χ2v) is 16.2. The Morgan fingerprint density at radius 3 is 1.75 bits per heavy atom. The second-order valence-electron chi connectivity index (χ2n) is 16.2. The van der Waals surface area contributed by atoms with Crippen molar-refractivity contribution in [1.82, 2.24) is 19.3 Å². The van der Waals surface area contributed by atoms with E-state index in [2.05, 4.69) is 201 Å². The molecule has 1 radical (unpaired) electrons. The van der Waals surface area contributed by atoms with E-state index in [1.807, 2.05) is 30.5 Å². The summed E-state index contributed by atoms with van der Waals surface area (Å²) in [6.45, 7) is 13.4. The van der Waals surface area contributed by atoms with Gasteiger partial charge in [-0.15, -0.1) is 30.3 Å². The van der Waals surface area contributed by atoms with Crippen LogP contribution in [0.25, 0.3) is 17.5 Å². The Balaban J connectivity index is 0.000000175. The van der Waals surface area contributed by atoms with Crippen LogP contribution in [0.4, 0.5) is 22.9 Å². The van der Waals surface area contributed by atoms with Crippen molar-refractivity contribution in [2.75, 3.05) is 35.6 Å². The fourth-order valence-electron chi connectivity index (χ4n) is 9.72. The molecule has 3 aliphatic heterocycles. The summed E-state index contributed by atoms with van der Waals surface area (Å²) in [6.07, 6.45) is 6.19. The minimum Gasteiger partial charge on any atom is -0.436 e. The van der Waals surface area contributed by atoms with Gasteiger partial charge in [-0.05, 0) is 103 Å². The maximum absolute atomic E-state index is 5.26. The molecule has 0 spiro atoms. The van der Waals surface area contributed by atoms with E-state index in [1.54, 1.807) is 0 Å². The van der Waals surface area contributed by atoms with Crippen molar-refractivity contribution in [3.63, 3.8) is 0 Å². The summed E-state index contributed by atoms with van der Waals surface area (Å²) < 4.78 is 2.49. The Kier molecular flexibility index (Phi) is 11.2. The fraction of sp³-hybridized carbons (Fsp3) is 0.184. The molecule has 60 heavy (non-hydrogen) atoms. The second kappa shape index (κ2) is 16.4. The van der Waals surface area contributed by atoms with Crippen molar-refractivity contribution in [3.8, 4) is 11.4 Å². The molecule has 0 unspecified atom stereocenters. The van der Waals surface area contributed by atoms with Gasteiger partial charge in [0.25, 0.3) is 0 Å². The first-order chi connectivity index (χ1) is 28.6. The number of rotatable bonds is 4. The molecule has 5 aromatic carbocycles. The first-order valence-corrected chi connectivity index (χ1v) is 20.4. The van der Waals surface area contributed by atoms with Crippen molar-refractivity contribution >= 4 is 71.8 Å². The number of aromatic nitrogens is 3. The number of imidazole rings is 1. The van der Waals surface area contributed by atoms with Crippen LogP contribution in [-0.4, -0.2) is 61.2 Å². The van der Waals surface area contributed by atoms with Crippen molar-refractivity contribution in [2.24, 2.45) is 0 Å². The van der Waals surface area contributed by atoms with Gasteiger partial charge in [0.2, 0.25) is 0 Å². The van der Waals surface area contributed by atoms with Crippen LogP contribution in [0.3, 0.4) is 0 Å². The van der Waals surface area contributed by atoms with Gasteiger partial charge in [0.1, 0.15) is 5.82 Å². The number of anilines is 4. The van der Waals surface area contributed by atoms with E-state index in [0.717, 1.165) is 40.0 Å². The molecule has 299 valence electrons. The Morgan fingerprint density at radius 1 is 0.567 bits per heavy atom. The average molecular weight is 960 g/mol. The summed E-state index contributed by atoms with van der Waals surface area (Å²) in [5.74, 6) is 1.97. The van der Waals surface area contributed by atoms with Gasteiger partial charge in [-0.25, -0.2) is 4.98 Å². The number of fused-ring (bicyclic) bond motifs is 6. The molecule has 7 nitrogen and oxygen atoms in total. The monoisotopic (exact) mass is 960 g/mol. The van der Waals surface area contributed by atoms with Crippen LogP contribution in [0, 0.1) is 53.7 Å². The predicted octanol–water partition coefficient (Wildman–Crippen LogP) is 6.78. The van der Waals surface area contributed by atoms with Crippen molar-refractivity contribution in [1.29, 1.82) is 0 Å². The summed E-state index contributed by atoms with van der Waals surface area (Å²) in [7, 11) is 6.52. The molecule has 0 N–H and O–H groups in total. The molecule has 0 amide bonds. The molecule has 0 bridgehead atoms. The summed E-state index contributed by atoms with van der Waals surface area (Å²) in [6, 6.07) is 45.0. The van der Waals surface area contributed by atoms with Gasteiger partial charge in [0.05, 0.1) is 11.4 Å². The van der Waals surface area contributed by atoms with Gasteiger partial charge >= 0.3 is 20.8 Å². The van der Waals surface area contributed by atoms with Crippen LogP contribution in [0.15, 0.2) is 122 Å². The molecular formula is C49H48B3IrN7-2. The third-order valence-electron chi connectivity index (χ3n) is 12.5. The smallest absolute Gasteiger partial charge is 0.415 e. The molecule has 0 saturated heterocycles. The summed E-state index contributed by atoms with van der Waals surface area (Å²) in [5.41, 5.74) is 18.5. The number of aryl methyl sites for hydroxylation is 6. The summed E-state index contributed by atoms with van der Waals surface area (Å²) in [5, 5.41) is 0. The minimum absolute atomic E-state index is 0. The predicted molar refractivity (Wildman–Crippen MR) is 251 cm³/mol. The van der Waals surface area contributed by atoms with E-state index < -0.39 is 0 Å². The zero-order valence-corrected chi connectivity index (χ0v) is 38.2. The SMILES string of the molecule is Cc1cccc(C)c1B1N(C)c2cccnc2N1c1[c-]cccc1.Cc1cccc(C)c1B1c2c(nc3n2B(c2c(C)cccc2C)N(C)c2ccc[c-]c2-3)C=CN1C.[Ir]. The van der Waals surface area contributed by atoms with Gasteiger partial charge in [-0.2, -0.15) is 24.3 Å². The Morgan fingerprint density at radius 2 is 1.13 bits per heavy atom. The molecule has 0 saturated carbocycles. The van der Waals surface area contributed by atoms with Gasteiger partial charge in [-0.1, -0.05) is 105 Å². The number of para-hydroxylation sites is 1. The van der Waals surface area contributed by atoms with Gasteiger partial charge in [-0.3, -0.25) is 4.98 Å². The molecule has 11 heteroatoms. The summed E-state index contributed by atoms with van der Waals surface area (Å²) >= 11 is 0. The minimum atomic E-state index is -0.00234. The van der Waals surface area contributed by atoms with E-state index in [1.165, 1.54) is 55.4 Å². The van der Waals surface area contributed by atoms with E-state index >= 15 is 0 Å². The molecule has 0 fully saturated rings. The largest absolute Gasteiger partial charge is 0.436 e. The summed E-state index contributed by atoms with van der Waals surface area (Å²) in [4.78, 5) is 19.2. The molecule has 10 rings (SSSR count). The first-order valence-electron chi connectivity index (χ1n) is 20.4. The van der Waals surface area contributed by atoms with E-state index in [0.29, 0.717) is 0 Å². The van der Waals surface area contributed by atoms with Crippen molar-refractivity contribution in [3.05, 3.63) is 173 Å². The van der Waals surface area contributed by atoms with Crippen LogP contribution < -0.4 is 36.4 Å². The molecule has 5 heterocycles. The Labute approximate surface area is 370 Å². The van der Waals surface area contributed by atoms with Crippen LogP contribution in [-0.2, 0) is 20.1 Å². The zero-order chi connectivity index (χ0) is 41.1. The maximum Gasteiger partial charge on any atom is 0.415 e. The quantitative estimate of drug-likeness (QED) is 0.143. The number of hydrogen-bond donors (Lipinski definition) is 0. The standard InChI is InChI=1S/C29H29B2N4.C20H19BN3.Ir/c1-19-11-9-12-20(2)26(19)30-28-24(17-18-33(30)5)32-29-23-15-7-8-16-25(23)34(6)31(35(28)29)27-21(3)13-10-14-22(27)4;1-15-9-7-10-16(2)19(15)21-23(3)18-13-8-14-22-20(18)24(21)17-11-5-4-6-12-17;/h7-14,16-18H,1-6H3;4-11,13-14H,1-3H3;/q2*-1;. The third-order valence-corrected chi connectivity index (χ3v) is 12.5. The van der Waals surface area contributed by atoms with Crippen LogP contribution in [0.1, 0.15) is 39.1 Å². The number of nitrogens with zero attached hydrogens (tertiary/aromatic N) is 7. The maximum atomic E-state index is 5.26. The molecule has 2 aromatic heterocycles. The van der Waals surface area contributed by atoms with Crippen molar-refractivity contribution < 1.29 is 20.1 Å². The van der Waals surface area contributed by atoms with Gasteiger partial charge in [0.15, 0.2) is 0 Å². The van der Waals surface area contributed by atoms with E-state index in [4.69, 9.17) is 4.98 Å². The third kappa shape index (κ3) is 6.69. The van der Waals surface area contributed by atoms with Gasteiger partial charge in [0, 0.05) is 37.7 Å². The molecule has 3 aliphatic rings. The molecule has 7 aromatic rings. The van der Waals surface area contributed by atoms with E-state index in [9.17, 15) is 0 Å². The molecule has 0 atom stereocenters. The van der Waals surface area contributed by atoms with Crippen LogP contribution in [0.5, 0.6) is 0 Å². The van der Waals surface area contributed by atoms with Crippen molar-refractivity contribution in [2.45, 2.75) is 41.5 Å². The molecular weight excluding hydrogens is 911 g/mol. The normalized spacial score (nSPS) is 13.7. The topological polar surface area (TPSA) is 43.7 Å². The Hall–Kier alpha value is -5.76. The van der Waals surface area contributed by atoms with Crippen LogP contribution >= 0.6 is 0 Å². The van der Waals surface area contributed by atoms with Gasteiger partial charge < -0.3 is 23.7 Å². The molecule has 0 aliphatic carbocycles. The number of hydrogen-bond acceptors (Lipinski definition) is 6. The zero-order valence-electron chi connectivity index (χ0n) is 35.8. The first kappa shape index (κ1) is 41.0. The average Bonchev–Trinajstić information content (AvgIpc) is 3.76.